The third kappa shape index (κ3) is 2.87. The van der Waals surface area contributed by atoms with E-state index in [4.69, 9.17) is 0 Å². The van der Waals surface area contributed by atoms with E-state index in [1.807, 2.05) is 23.1 Å². The fraction of sp³-hybridized carbons (Fsp3) is 0.316. The van der Waals surface area contributed by atoms with Crippen LogP contribution in [-0.4, -0.2) is 28.5 Å². The average Bonchev–Trinajstić information content (AvgIpc) is 3.19. The number of amides is 1. The summed E-state index contributed by atoms with van der Waals surface area (Å²) in [4.78, 5) is 25.6. The summed E-state index contributed by atoms with van der Waals surface area (Å²) in [5.74, 6) is 0.796. The van der Waals surface area contributed by atoms with Crippen molar-refractivity contribution in [1.82, 2.24) is 9.97 Å². The maximum absolute atomic E-state index is 12.8. The molecule has 5 nitrogen and oxygen atoms in total. The summed E-state index contributed by atoms with van der Waals surface area (Å²) >= 11 is 1.68. The van der Waals surface area contributed by atoms with Crippen LogP contribution in [0.2, 0.25) is 0 Å². The molecule has 0 saturated carbocycles. The molecule has 128 valence electrons. The number of nitrogens with one attached hydrogen (secondary N) is 1. The van der Waals surface area contributed by atoms with Gasteiger partial charge in [0.1, 0.15) is 17.0 Å². The number of aromatic nitrogens is 2. The molecule has 1 N–H and O–H groups in total. The van der Waals surface area contributed by atoms with Crippen molar-refractivity contribution in [3.63, 3.8) is 0 Å². The number of anilines is 2. The molecule has 3 heterocycles. The van der Waals surface area contributed by atoms with E-state index < -0.39 is 0 Å². The molecule has 0 aliphatic carbocycles. The van der Waals surface area contributed by atoms with Gasteiger partial charge in [-0.25, -0.2) is 9.97 Å². The van der Waals surface area contributed by atoms with Crippen molar-refractivity contribution in [3.8, 4) is 0 Å². The predicted molar refractivity (Wildman–Crippen MR) is 102 cm³/mol. The minimum atomic E-state index is 0.0650. The van der Waals surface area contributed by atoms with Crippen LogP contribution in [0.4, 0.5) is 11.5 Å². The Morgan fingerprint density at radius 1 is 1.36 bits per heavy atom. The molecular weight excluding hydrogens is 332 g/mol. The van der Waals surface area contributed by atoms with E-state index in [9.17, 15) is 4.79 Å². The van der Waals surface area contributed by atoms with Crippen molar-refractivity contribution in [2.45, 2.75) is 32.7 Å². The number of carbonyl (C=O) groups excluding carboxylic acids is 1. The number of thiophene rings is 1. The Labute approximate surface area is 150 Å². The first-order valence-corrected chi connectivity index (χ1v) is 9.36. The normalized spacial score (nSPS) is 16.2. The lowest BCUT2D eigenvalue weighted by molar-refractivity contribution is -0.117. The van der Waals surface area contributed by atoms with E-state index in [0.717, 1.165) is 34.6 Å². The van der Waals surface area contributed by atoms with Crippen molar-refractivity contribution in [2.75, 3.05) is 16.8 Å². The SMILES string of the molecule is CCc1cc2c(NCC(=O)N3c4ccccc4CC3C)ncnc2s1. The highest BCUT2D eigenvalue weighted by atomic mass is 32.1. The van der Waals surface area contributed by atoms with Crippen molar-refractivity contribution in [1.29, 1.82) is 0 Å². The molecule has 4 rings (SSSR count). The Kier molecular flexibility index (Phi) is 4.13. The van der Waals surface area contributed by atoms with Crippen LogP contribution in [0, 0.1) is 0 Å². The molecule has 1 aromatic carbocycles. The maximum atomic E-state index is 12.8. The first-order chi connectivity index (χ1) is 12.2. The van der Waals surface area contributed by atoms with Crippen LogP contribution in [0.1, 0.15) is 24.3 Å². The van der Waals surface area contributed by atoms with Gasteiger partial charge in [-0.3, -0.25) is 4.79 Å². The van der Waals surface area contributed by atoms with Crippen LogP contribution in [0.25, 0.3) is 10.2 Å². The van der Waals surface area contributed by atoms with E-state index in [1.165, 1.54) is 10.4 Å². The second-order valence-electron chi connectivity index (χ2n) is 6.31. The van der Waals surface area contributed by atoms with Crippen LogP contribution in [0.15, 0.2) is 36.7 Å². The number of para-hydroxylation sites is 1. The highest BCUT2D eigenvalue weighted by Gasteiger charge is 2.30. The summed E-state index contributed by atoms with van der Waals surface area (Å²) in [6.07, 6.45) is 3.43. The first-order valence-electron chi connectivity index (χ1n) is 8.54. The molecule has 25 heavy (non-hydrogen) atoms. The lowest BCUT2D eigenvalue weighted by Gasteiger charge is -2.23. The summed E-state index contributed by atoms with van der Waals surface area (Å²) in [7, 11) is 0. The van der Waals surface area contributed by atoms with Crippen molar-refractivity contribution >= 4 is 39.0 Å². The van der Waals surface area contributed by atoms with Gasteiger partial charge in [-0.2, -0.15) is 0 Å². The second-order valence-corrected chi connectivity index (χ2v) is 7.42. The molecule has 0 bridgehead atoms. The summed E-state index contributed by atoms with van der Waals surface area (Å²) in [6.45, 7) is 4.44. The molecule has 0 spiro atoms. The van der Waals surface area contributed by atoms with E-state index in [-0.39, 0.29) is 18.5 Å². The minimum absolute atomic E-state index is 0.0650. The molecule has 3 aromatic rings. The van der Waals surface area contributed by atoms with E-state index in [0.29, 0.717) is 0 Å². The molecular formula is C19H20N4OS. The van der Waals surface area contributed by atoms with Gasteiger partial charge in [-0.05, 0) is 37.5 Å². The van der Waals surface area contributed by atoms with Gasteiger partial charge in [0.2, 0.25) is 5.91 Å². The lowest BCUT2D eigenvalue weighted by Crippen LogP contribution is -2.39. The average molecular weight is 352 g/mol. The summed E-state index contributed by atoms with van der Waals surface area (Å²) in [6, 6.07) is 10.4. The molecule has 6 heteroatoms. The Balaban J connectivity index is 1.54. The van der Waals surface area contributed by atoms with Crippen LogP contribution in [0.5, 0.6) is 0 Å². The predicted octanol–water partition coefficient (Wildman–Crippen LogP) is 3.64. The van der Waals surface area contributed by atoms with Crippen LogP contribution in [0.3, 0.4) is 0 Å². The quantitative estimate of drug-likeness (QED) is 0.779. The largest absolute Gasteiger partial charge is 0.360 e. The van der Waals surface area contributed by atoms with Crippen molar-refractivity contribution in [3.05, 3.63) is 47.1 Å². The van der Waals surface area contributed by atoms with Crippen molar-refractivity contribution in [2.24, 2.45) is 0 Å². The Morgan fingerprint density at radius 2 is 2.20 bits per heavy atom. The van der Waals surface area contributed by atoms with Gasteiger partial charge in [0, 0.05) is 16.6 Å². The number of rotatable bonds is 4. The standard InChI is InChI=1S/C19H20N4OS/c1-3-14-9-15-18(21-11-22-19(15)25-14)20-10-17(24)23-12(2)8-13-6-4-5-7-16(13)23/h4-7,9,11-12H,3,8,10H2,1-2H3,(H,20,21,22). The lowest BCUT2D eigenvalue weighted by atomic mass is 10.1. The fourth-order valence-electron chi connectivity index (χ4n) is 3.41. The summed E-state index contributed by atoms with van der Waals surface area (Å²) in [5, 5.41) is 4.21. The van der Waals surface area contributed by atoms with Crippen LogP contribution in [-0.2, 0) is 17.6 Å². The number of nitrogens with zero attached hydrogens (tertiary/aromatic N) is 3. The molecule has 0 radical (unpaired) electrons. The van der Waals surface area contributed by atoms with Gasteiger partial charge in [-0.1, -0.05) is 25.1 Å². The summed E-state index contributed by atoms with van der Waals surface area (Å²) < 4.78 is 0. The van der Waals surface area contributed by atoms with Gasteiger partial charge < -0.3 is 10.2 Å². The number of benzene rings is 1. The molecule has 1 unspecified atom stereocenters. The van der Waals surface area contributed by atoms with Gasteiger partial charge in [-0.15, -0.1) is 11.3 Å². The van der Waals surface area contributed by atoms with E-state index in [1.54, 1.807) is 17.7 Å². The Bertz CT molecular complexity index is 936. The minimum Gasteiger partial charge on any atom is -0.360 e. The smallest absolute Gasteiger partial charge is 0.246 e. The number of aryl methyl sites for hydroxylation is 1. The molecule has 1 amide bonds. The highest BCUT2D eigenvalue weighted by molar-refractivity contribution is 7.18. The monoisotopic (exact) mass is 352 g/mol. The van der Waals surface area contributed by atoms with Crippen molar-refractivity contribution < 1.29 is 4.79 Å². The number of hydrogen-bond donors (Lipinski definition) is 1. The van der Waals surface area contributed by atoms with Gasteiger partial charge in [0.05, 0.1) is 11.9 Å². The zero-order valence-corrected chi connectivity index (χ0v) is 15.1. The Morgan fingerprint density at radius 3 is 3.04 bits per heavy atom. The zero-order chi connectivity index (χ0) is 17.4. The first kappa shape index (κ1) is 16.0. The van der Waals surface area contributed by atoms with E-state index in [2.05, 4.69) is 41.3 Å². The maximum Gasteiger partial charge on any atom is 0.246 e. The molecule has 1 aliphatic rings. The second kappa shape index (κ2) is 6.44. The third-order valence-electron chi connectivity index (χ3n) is 4.61. The molecule has 0 fully saturated rings. The number of hydrogen-bond acceptors (Lipinski definition) is 5. The summed E-state index contributed by atoms with van der Waals surface area (Å²) in [5.41, 5.74) is 2.26. The van der Waals surface area contributed by atoms with Gasteiger partial charge >= 0.3 is 0 Å². The number of fused-ring (bicyclic) bond motifs is 2. The molecule has 1 aliphatic heterocycles. The highest BCUT2D eigenvalue weighted by Crippen LogP contribution is 2.32. The molecule has 2 aromatic heterocycles. The molecule has 1 atom stereocenters. The third-order valence-corrected chi connectivity index (χ3v) is 5.80. The van der Waals surface area contributed by atoms with E-state index >= 15 is 0 Å². The van der Waals surface area contributed by atoms with Crippen LogP contribution < -0.4 is 10.2 Å². The van der Waals surface area contributed by atoms with Gasteiger partial charge in [0.15, 0.2) is 0 Å². The van der Waals surface area contributed by atoms with Crippen LogP contribution >= 0.6 is 11.3 Å². The fourth-order valence-corrected chi connectivity index (χ4v) is 4.35. The Hall–Kier alpha value is -2.47. The number of carbonyl (C=O) groups is 1. The molecule has 0 saturated heterocycles. The topological polar surface area (TPSA) is 58.1 Å². The zero-order valence-electron chi connectivity index (χ0n) is 14.3. The van der Waals surface area contributed by atoms with Gasteiger partial charge in [0.25, 0.3) is 0 Å².